The zero-order chi connectivity index (χ0) is 27.8. The van der Waals surface area contributed by atoms with Crippen LogP contribution in [0.1, 0.15) is 54.0 Å². The maximum absolute atomic E-state index is 12.3. The van der Waals surface area contributed by atoms with Crippen LogP contribution in [0.25, 0.3) is 23.1 Å². The van der Waals surface area contributed by atoms with E-state index in [1.807, 2.05) is 62.4 Å². The van der Waals surface area contributed by atoms with Crippen molar-refractivity contribution in [3.05, 3.63) is 112 Å². The molecule has 0 radical (unpaired) electrons. The molecule has 0 saturated carbocycles. The number of benzene rings is 3. The molecule has 0 amide bonds. The summed E-state index contributed by atoms with van der Waals surface area (Å²) in [5.41, 5.74) is 6.15. The van der Waals surface area contributed by atoms with Gasteiger partial charge in [0.15, 0.2) is 0 Å². The topological polar surface area (TPSA) is 59.4 Å². The molecule has 1 N–H and O–H groups in total. The molecule has 0 aliphatic rings. The van der Waals surface area contributed by atoms with Crippen molar-refractivity contribution in [2.24, 2.45) is 5.92 Å². The Hall–Kier alpha value is -3.12. The Bertz CT molecular complexity index is 1450. The summed E-state index contributed by atoms with van der Waals surface area (Å²) in [5.74, 6) is 0.245. The third-order valence-electron chi connectivity index (χ3n) is 6.32. The molecule has 4 nitrogen and oxygen atoms in total. The van der Waals surface area contributed by atoms with Crippen LogP contribution in [-0.2, 0) is 16.0 Å². The SMILES string of the molecule is CCOC(=O)C(C)CSC(c1cccc(C=Cc2ccc3ccc(Cl)cc3n2)c1)c1cccc(CC(C)O)c1. The highest BCUT2D eigenvalue weighted by molar-refractivity contribution is 7.99. The van der Waals surface area contributed by atoms with Crippen LogP contribution in [0.15, 0.2) is 78.9 Å². The van der Waals surface area contributed by atoms with Gasteiger partial charge in [0, 0.05) is 16.2 Å². The average molecular weight is 560 g/mol. The van der Waals surface area contributed by atoms with E-state index in [0.29, 0.717) is 23.8 Å². The van der Waals surface area contributed by atoms with E-state index in [1.165, 1.54) is 0 Å². The molecule has 39 heavy (non-hydrogen) atoms. The standard InChI is InChI=1S/C33H34ClNO3S/c1-4-38-33(37)22(2)21-39-32(28-10-6-8-25(19-28)17-23(3)36)27-9-5-7-24(18-27)11-15-30-16-13-26-12-14-29(34)20-31(26)35-30/h5-16,18-20,22-23,32,36H,4,17,21H2,1-3H3. The lowest BCUT2D eigenvalue weighted by Gasteiger charge is -2.21. The molecule has 1 aromatic heterocycles. The summed E-state index contributed by atoms with van der Waals surface area (Å²) >= 11 is 7.89. The fourth-order valence-electron chi connectivity index (χ4n) is 4.41. The molecule has 0 aliphatic heterocycles. The maximum Gasteiger partial charge on any atom is 0.309 e. The number of ether oxygens (including phenoxy) is 1. The second-order valence-corrected chi connectivity index (χ2v) is 11.3. The molecule has 0 aliphatic carbocycles. The quantitative estimate of drug-likeness (QED) is 0.189. The molecule has 6 heteroatoms. The Labute approximate surface area is 240 Å². The maximum atomic E-state index is 12.3. The number of nitrogens with zero attached hydrogens (tertiary/aromatic N) is 1. The number of aromatic nitrogens is 1. The fraction of sp³-hybridized carbons (Fsp3) is 0.273. The lowest BCUT2D eigenvalue weighted by Crippen LogP contribution is -2.17. The van der Waals surface area contributed by atoms with E-state index in [9.17, 15) is 9.90 Å². The summed E-state index contributed by atoms with van der Waals surface area (Å²) in [5, 5.41) is 11.7. The van der Waals surface area contributed by atoms with Crippen molar-refractivity contribution in [1.82, 2.24) is 4.98 Å². The Morgan fingerprint density at radius 3 is 2.51 bits per heavy atom. The number of carbonyl (C=O) groups excluding carboxylic acids is 1. The fourth-order valence-corrected chi connectivity index (χ4v) is 5.87. The molecule has 4 rings (SSSR count). The van der Waals surface area contributed by atoms with E-state index in [4.69, 9.17) is 21.3 Å². The summed E-state index contributed by atoms with van der Waals surface area (Å²) in [4.78, 5) is 17.0. The Kier molecular flexibility index (Phi) is 10.2. The summed E-state index contributed by atoms with van der Waals surface area (Å²) in [6.45, 7) is 5.92. The van der Waals surface area contributed by atoms with Gasteiger partial charge < -0.3 is 9.84 Å². The van der Waals surface area contributed by atoms with Gasteiger partial charge in [-0.2, -0.15) is 0 Å². The van der Waals surface area contributed by atoms with E-state index >= 15 is 0 Å². The Morgan fingerprint density at radius 1 is 1.00 bits per heavy atom. The number of halogens is 1. The van der Waals surface area contributed by atoms with Gasteiger partial charge in [-0.15, -0.1) is 11.8 Å². The van der Waals surface area contributed by atoms with Gasteiger partial charge in [0.1, 0.15) is 0 Å². The number of fused-ring (bicyclic) bond motifs is 1. The van der Waals surface area contributed by atoms with Gasteiger partial charge in [0.05, 0.1) is 35.1 Å². The third-order valence-corrected chi connectivity index (χ3v) is 8.13. The molecule has 1 heterocycles. The number of hydrogen-bond donors (Lipinski definition) is 1. The van der Waals surface area contributed by atoms with Crippen LogP contribution in [0.3, 0.4) is 0 Å². The molecule has 202 valence electrons. The number of esters is 1. The summed E-state index contributed by atoms with van der Waals surface area (Å²) < 4.78 is 5.23. The number of rotatable bonds is 11. The molecule has 3 unspecified atom stereocenters. The first kappa shape index (κ1) is 28.9. The average Bonchev–Trinajstić information content (AvgIpc) is 2.92. The van der Waals surface area contributed by atoms with Crippen LogP contribution >= 0.6 is 23.4 Å². The predicted octanol–water partition coefficient (Wildman–Crippen LogP) is 8.00. The molecule has 4 aromatic rings. The third kappa shape index (κ3) is 8.18. The number of pyridine rings is 1. The van der Waals surface area contributed by atoms with Crippen molar-refractivity contribution in [3.63, 3.8) is 0 Å². The van der Waals surface area contributed by atoms with Gasteiger partial charge >= 0.3 is 5.97 Å². The molecule has 0 fully saturated rings. The highest BCUT2D eigenvalue weighted by Crippen LogP contribution is 2.38. The van der Waals surface area contributed by atoms with Crippen LogP contribution in [-0.4, -0.2) is 34.5 Å². The van der Waals surface area contributed by atoms with Gasteiger partial charge in [0.25, 0.3) is 0 Å². The molecule has 0 spiro atoms. The van der Waals surface area contributed by atoms with E-state index < -0.39 is 6.10 Å². The molecule has 3 atom stereocenters. The molecular weight excluding hydrogens is 526 g/mol. The van der Waals surface area contributed by atoms with Crippen molar-refractivity contribution in [2.45, 2.75) is 38.5 Å². The van der Waals surface area contributed by atoms with Crippen LogP contribution in [0.5, 0.6) is 0 Å². The van der Waals surface area contributed by atoms with Crippen LogP contribution < -0.4 is 0 Å². The molecule has 0 saturated heterocycles. The Balaban J connectivity index is 1.61. The van der Waals surface area contributed by atoms with Crippen molar-refractivity contribution in [2.75, 3.05) is 12.4 Å². The monoisotopic (exact) mass is 559 g/mol. The molecule has 0 bridgehead atoms. The minimum absolute atomic E-state index is 0.0186. The van der Waals surface area contributed by atoms with Crippen LogP contribution in [0.2, 0.25) is 5.02 Å². The lowest BCUT2D eigenvalue weighted by atomic mass is 9.98. The number of thioether (sulfide) groups is 1. The lowest BCUT2D eigenvalue weighted by molar-refractivity contribution is -0.146. The van der Waals surface area contributed by atoms with Gasteiger partial charge in [-0.25, -0.2) is 4.98 Å². The Morgan fingerprint density at radius 2 is 1.74 bits per heavy atom. The minimum Gasteiger partial charge on any atom is -0.466 e. The minimum atomic E-state index is -0.414. The first-order valence-electron chi connectivity index (χ1n) is 13.2. The number of carbonyl (C=O) groups is 1. The summed E-state index contributed by atoms with van der Waals surface area (Å²) in [6, 6.07) is 26.6. The van der Waals surface area contributed by atoms with Gasteiger partial charge in [-0.1, -0.05) is 85.3 Å². The van der Waals surface area contributed by atoms with Crippen LogP contribution in [0.4, 0.5) is 0 Å². The zero-order valence-corrected chi connectivity index (χ0v) is 24.1. The smallest absolute Gasteiger partial charge is 0.309 e. The van der Waals surface area contributed by atoms with Crippen molar-refractivity contribution >= 4 is 52.4 Å². The number of aliphatic hydroxyl groups excluding tert-OH is 1. The predicted molar refractivity (Wildman–Crippen MR) is 164 cm³/mol. The highest BCUT2D eigenvalue weighted by atomic mass is 35.5. The zero-order valence-electron chi connectivity index (χ0n) is 22.5. The van der Waals surface area contributed by atoms with Crippen molar-refractivity contribution in [3.8, 4) is 0 Å². The second kappa shape index (κ2) is 13.8. The highest BCUT2D eigenvalue weighted by Gasteiger charge is 2.21. The second-order valence-electron chi connectivity index (χ2n) is 9.74. The van der Waals surface area contributed by atoms with Crippen molar-refractivity contribution in [1.29, 1.82) is 0 Å². The van der Waals surface area contributed by atoms with E-state index in [-0.39, 0.29) is 17.1 Å². The number of aliphatic hydroxyl groups is 1. The van der Waals surface area contributed by atoms with E-state index in [1.54, 1.807) is 18.7 Å². The van der Waals surface area contributed by atoms with Crippen LogP contribution in [0, 0.1) is 5.92 Å². The summed E-state index contributed by atoms with van der Waals surface area (Å²) in [7, 11) is 0. The summed E-state index contributed by atoms with van der Waals surface area (Å²) in [6.07, 6.45) is 4.25. The number of hydrogen-bond acceptors (Lipinski definition) is 5. The first-order chi connectivity index (χ1) is 18.8. The largest absolute Gasteiger partial charge is 0.466 e. The molecular formula is C33H34ClNO3S. The van der Waals surface area contributed by atoms with Gasteiger partial charge in [0.2, 0.25) is 0 Å². The van der Waals surface area contributed by atoms with Gasteiger partial charge in [-0.3, -0.25) is 4.79 Å². The van der Waals surface area contributed by atoms with E-state index in [0.717, 1.165) is 38.9 Å². The van der Waals surface area contributed by atoms with Crippen molar-refractivity contribution < 1.29 is 14.6 Å². The van der Waals surface area contributed by atoms with Gasteiger partial charge in [-0.05, 0) is 66.8 Å². The van der Waals surface area contributed by atoms with E-state index in [2.05, 4.69) is 42.5 Å². The molecule has 3 aromatic carbocycles. The first-order valence-corrected chi connectivity index (χ1v) is 14.6. The normalized spacial score (nSPS) is 13.9.